The maximum absolute atomic E-state index is 2.33. The van der Waals surface area contributed by atoms with Crippen LogP contribution in [0.4, 0.5) is 0 Å². The molecule has 0 spiro atoms. The van der Waals surface area contributed by atoms with Gasteiger partial charge >= 0.3 is 0 Å². The van der Waals surface area contributed by atoms with Crippen LogP contribution in [0.2, 0.25) is 0 Å². The van der Waals surface area contributed by atoms with Crippen LogP contribution in [0.5, 0.6) is 0 Å². The summed E-state index contributed by atoms with van der Waals surface area (Å²) < 4.78 is 0. The Morgan fingerprint density at radius 1 is 0.700 bits per heavy atom. The molecule has 0 radical (unpaired) electrons. The standard InChI is InChI=1S/C18H16.C2H6/c1-2-8-14-13(7-1)15-9-3-4-11-17(15)18-12-6-5-10-16(14)18;1-2/h1-3,5,7-10H,4,6,11-12H2;1-2H3. The lowest BCUT2D eigenvalue weighted by Crippen LogP contribution is -2.06. The van der Waals surface area contributed by atoms with E-state index in [1.54, 1.807) is 11.1 Å². The highest BCUT2D eigenvalue weighted by molar-refractivity contribution is 5.99. The van der Waals surface area contributed by atoms with Crippen LogP contribution < -0.4 is 0 Å². The monoisotopic (exact) mass is 262 g/mol. The van der Waals surface area contributed by atoms with Gasteiger partial charge in [-0.2, -0.15) is 0 Å². The van der Waals surface area contributed by atoms with Crippen molar-refractivity contribution in [3.63, 3.8) is 0 Å². The second-order valence-corrected chi connectivity index (χ2v) is 5.21. The molecular formula is C20H22. The zero-order valence-electron chi connectivity index (χ0n) is 12.4. The topological polar surface area (TPSA) is 0 Å². The molecule has 0 amide bonds. The Bertz CT molecular complexity index is 626. The van der Waals surface area contributed by atoms with E-state index in [0.717, 1.165) is 0 Å². The molecule has 0 saturated carbocycles. The molecule has 2 aromatic rings. The molecular weight excluding hydrogens is 240 g/mol. The average Bonchev–Trinajstić information content (AvgIpc) is 2.57. The van der Waals surface area contributed by atoms with E-state index < -0.39 is 0 Å². The van der Waals surface area contributed by atoms with Crippen molar-refractivity contribution < 1.29 is 0 Å². The molecule has 0 heteroatoms. The number of benzene rings is 2. The van der Waals surface area contributed by atoms with Crippen LogP contribution in [0.1, 0.15) is 48.9 Å². The average molecular weight is 262 g/mol. The third-order valence-electron chi connectivity index (χ3n) is 4.21. The van der Waals surface area contributed by atoms with Crippen molar-refractivity contribution in [3.05, 3.63) is 58.7 Å². The molecule has 0 heterocycles. The number of hydrogen-bond acceptors (Lipinski definition) is 0. The first-order chi connectivity index (χ1) is 9.95. The number of rotatable bonds is 0. The molecule has 102 valence electrons. The zero-order valence-corrected chi connectivity index (χ0v) is 12.4. The highest BCUT2D eigenvalue weighted by Crippen LogP contribution is 2.37. The molecule has 20 heavy (non-hydrogen) atoms. The van der Waals surface area contributed by atoms with Gasteiger partial charge in [-0.1, -0.05) is 62.4 Å². The quantitative estimate of drug-likeness (QED) is 0.564. The van der Waals surface area contributed by atoms with Crippen molar-refractivity contribution in [2.45, 2.75) is 39.5 Å². The third kappa shape index (κ3) is 2.00. The fourth-order valence-electron chi connectivity index (χ4n) is 3.41. The summed E-state index contributed by atoms with van der Waals surface area (Å²) in [7, 11) is 0. The first-order valence-electron chi connectivity index (χ1n) is 7.84. The summed E-state index contributed by atoms with van der Waals surface area (Å²) in [5.74, 6) is 0. The number of allylic oxidation sites excluding steroid dienone is 2. The van der Waals surface area contributed by atoms with Gasteiger partial charge in [-0.15, -0.1) is 0 Å². The minimum atomic E-state index is 1.20. The van der Waals surface area contributed by atoms with Crippen molar-refractivity contribution in [3.8, 4) is 0 Å². The van der Waals surface area contributed by atoms with E-state index in [-0.39, 0.29) is 0 Å². The largest absolute Gasteiger partial charge is 0.0836 e. The molecule has 4 rings (SSSR count). The third-order valence-corrected chi connectivity index (χ3v) is 4.21. The molecule has 0 N–H and O–H groups in total. The summed E-state index contributed by atoms with van der Waals surface area (Å²) in [6, 6.07) is 8.85. The fraction of sp³-hybridized carbons (Fsp3) is 0.300. The van der Waals surface area contributed by atoms with E-state index in [1.165, 1.54) is 47.6 Å². The van der Waals surface area contributed by atoms with E-state index >= 15 is 0 Å². The molecule has 0 saturated heterocycles. The Morgan fingerprint density at radius 3 is 1.60 bits per heavy atom. The lowest BCUT2D eigenvalue weighted by atomic mass is 9.81. The van der Waals surface area contributed by atoms with Crippen LogP contribution in [0.3, 0.4) is 0 Å². The minimum Gasteiger partial charge on any atom is -0.0836 e. The van der Waals surface area contributed by atoms with Gasteiger partial charge in [0.05, 0.1) is 0 Å². The Kier molecular flexibility index (Phi) is 3.73. The first kappa shape index (κ1) is 13.2. The molecule has 0 fully saturated rings. The summed E-state index contributed by atoms with van der Waals surface area (Å²) >= 11 is 0. The number of hydrogen-bond donors (Lipinski definition) is 0. The second-order valence-electron chi connectivity index (χ2n) is 5.21. The molecule has 0 nitrogen and oxygen atoms in total. The van der Waals surface area contributed by atoms with E-state index in [2.05, 4.69) is 48.6 Å². The summed E-state index contributed by atoms with van der Waals surface area (Å²) in [6.45, 7) is 4.00. The van der Waals surface area contributed by atoms with Crippen LogP contribution in [-0.2, 0) is 12.8 Å². The van der Waals surface area contributed by atoms with Crippen molar-refractivity contribution in [1.82, 2.24) is 0 Å². The van der Waals surface area contributed by atoms with Crippen molar-refractivity contribution >= 4 is 22.9 Å². The van der Waals surface area contributed by atoms with E-state index in [1.807, 2.05) is 13.8 Å². The Morgan fingerprint density at radius 2 is 1.15 bits per heavy atom. The summed E-state index contributed by atoms with van der Waals surface area (Å²) in [5, 5.41) is 2.85. The van der Waals surface area contributed by atoms with Gasteiger partial charge in [0.2, 0.25) is 0 Å². The SMILES string of the molecule is C1=Cc2c(c3c(c4ccccc24)C=CCC3)CC1.CC. The Hall–Kier alpha value is -1.82. The van der Waals surface area contributed by atoms with Crippen LogP contribution >= 0.6 is 0 Å². The van der Waals surface area contributed by atoms with Gasteiger partial charge in [-0.3, -0.25) is 0 Å². The zero-order chi connectivity index (χ0) is 13.9. The van der Waals surface area contributed by atoms with Crippen LogP contribution in [-0.4, -0.2) is 0 Å². The predicted molar refractivity (Wildman–Crippen MR) is 90.0 cm³/mol. The van der Waals surface area contributed by atoms with Crippen molar-refractivity contribution in [2.75, 3.05) is 0 Å². The smallest absolute Gasteiger partial charge is 0.0103 e. The van der Waals surface area contributed by atoms with Gasteiger partial charge in [0.25, 0.3) is 0 Å². The maximum atomic E-state index is 2.33. The molecule has 0 aliphatic heterocycles. The Labute approximate surface area is 121 Å². The van der Waals surface area contributed by atoms with Crippen LogP contribution in [0, 0.1) is 0 Å². The van der Waals surface area contributed by atoms with Gasteiger partial charge in [0.1, 0.15) is 0 Å². The summed E-state index contributed by atoms with van der Waals surface area (Å²) in [5.41, 5.74) is 6.17. The summed E-state index contributed by atoms with van der Waals surface area (Å²) in [6.07, 6.45) is 14.1. The first-order valence-corrected chi connectivity index (χ1v) is 7.84. The van der Waals surface area contributed by atoms with Gasteiger partial charge in [-0.05, 0) is 58.7 Å². The molecule has 2 aliphatic carbocycles. The minimum absolute atomic E-state index is 1.20. The van der Waals surface area contributed by atoms with E-state index in [4.69, 9.17) is 0 Å². The maximum Gasteiger partial charge on any atom is -0.0103 e. The highest BCUT2D eigenvalue weighted by Gasteiger charge is 2.18. The van der Waals surface area contributed by atoms with Crippen LogP contribution in [0.15, 0.2) is 36.4 Å². The molecule has 2 aliphatic rings. The van der Waals surface area contributed by atoms with Gasteiger partial charge < -0.3 is 0 Å². The molecule has 0 aromatic heterocycles. The van der Waals surface area contributed by atoms with Gasteiger partial charge in [0, 0.05) is 0 Å². The predicted octanol–water partition coefficient (Wildman–Crippen LogP) is 5.78. The van der Waals surface area contributed by atoms with E-state index in [0.29, 0.717) is 0 Å². The van der Waals surface area contributed by atoms with E-state index in [9.17, 15) is 0 Å². The Balaban J connectivity index is 0.000000581. The lowest BCUT2D eigenvalue weighted by molar-refractivity contribution is 0.911. The van der Waals surface area contributed by atoms with Crippen molar-refractivity contribution in [2.24, 2.45) is 0 Å². The fourth-order valence-corrected chi connectivity index (χ4v) is 3.41. The van der Waals surface area contributed by atoms with Crippen molar-refractivity contribution in [1.29, 1.82) is 0 Å². The lowest BCUT2D eigenvalue weighted by Gasteiger charge is -2.23. The molecule has 0 atom stereocenters. The number of fused-ring (bicyclic) bond motifs is 6. The molecule has 0 unspecified atom stereocenters. The summed E-state index contributed by atoms with van der Waals surface area (Å²) in [4.78, 5) is 0. The van der Waals surface area contributed by atoms with Crippen LogP contribution in [0.25, 0.3) is 22.9 Å². The van der Waals surface area contributed by atoms with Gasteiger partial charge in [-0.25, -0.2) is 0 Å². The molecule has 2 aromatic carbocycles. The second kappa shape index (κ2) is 5.66. The molecule has 0 bridgehead atoms. The van der Waals surface area contributed by atoms with Gasteiger partial charge in [0.15, 0.2) is 0 Å². The highest BCUT2D eigenvalue weighted by atomic mass is 14.2. The normalized spacial score (nSPS) is 15.3.